The minimum Gasteiger partial charge on any atom is -0.349 e. The first-order chi connectivity index (χ1) is 16.9. The fourth-order valence-electron chi connectivity index (χ4n) is 4.92. The van der Waals surface area contributed by atoms with E-state index in [2.05, 4.69) is 80.8 Å². The van der Waals surface area contributed by atoms with Gasteiger partial charge in [-0.05, 0) is 30.9 Å². The summed E-state index contributed by atoms with van der Waals surface area (Å²) in [6, 6.07) is 21.9. The number of nitrogens with one attached hydrogen (secondary N) is 1. The van der Waals surface area contributed by atoms with Gasteiger partial charge in [-0.15, -0.1) is 0 Å². The van der Waals surface area contributed by atoms with Gasteiger partial charge in [0.1, 0.15) is 0 Å². The molecule has 0 radical (unpaired) electrons. The fourth-order valence-corrected chi connectivity index (χ4v) is 7.58. The summed E-state index contributed by atoms with van der Waals surface area (Å²) < 4.78 is 0. The van der Waals surface area contributed by atoms with Gasteiger partial charge in [-0.3, -0.25) is 4.79 Å². The molecule has 0 bridgehead atoms. The highest BCUT2D eigenvalue weighted by Crippen LogP contribution is 2.24. The Morgan fingerprint density at radius 1 is 0.771 bits per heavy atom. The molecule has 0 aromatic heterocycles. The maximum Gasteiger partial charge on any atom is 0.220 e. The van der Waals surface area contributed by atoms with E-state index in [0.29, 0.717) is 6.42 Å². The third-order valence-electron chi connectivity index (χ3n) is 7.31. The lowest BCUT2D eigenvalue weighted by Gasteiger charge is -2.23. The van der Waals surface area contributed by atoms with Crippen LogP contribution in [0.5, 0.6) is 0 Å². The Bertz CT molecular complexity index is 815. The SMILES string of the molecule is CCCCCCCCCC[Si](C)(C)CCCCC(=O)NC(Cc1ccc(C)cc1)c1ccccc1. The molecule has 0 spiro atoms. The molecule has 0 fully saturated rings. The van der Waals surface area contributed by atoms with E-state index in [4.69, 9.17) is 0 Å². The van der Waals surface area contributed by atoms with Crippen LogP contribution in [0, 0.1) is 6.92 Å². The molecule has 1 N–H and O–H groups in total. The summed E-state index contributed by atoms with van der Waals surface area (Å²) in [7, 11) is -1.13. The summed E-state index contributed by atoms with van der Waals surface area (Å²) in [5.41, 5.74) is 3.71. The van der Waals surface area contributed by atoms with E-state index < -0.39 is 8.07 Å². The quantitative estimate of drug-likeness (QED) is 0.163. The number of amides is 1. The highest BCUT2D eigenvalue weighted by atomic mass is 28.3. The maximum absolute atomic E-state index is 12.8. The normalized spacial score (nSPS) is 12.5. The van der Waals surface area contributed by atoms with Gasteiger partial charge in [0.2, 0.25) is 5.91 Å². The van der Waals surface area contributed by atoms with Gasteiger partial charge in [0.15, 0.2) is 0 Å². The first kappa shape index (κ1) is 29.4. The molecule has 2 aromatic carbocycles. The number of rotatable bonds is 18. The number of hydrogen-bond donors (Lipinski definition) is 1. The van der Waals surface area contributed by atoms with Crippen molar-refractivity contribution in [1.29, 1.82) is 0 Å². The van der Waals surface area contributed by atoms with Crippen molar-refractivity contribution in [2.45, 2.75) is 122 Å². The molecule has 0 saturated heterocycles. The second kappa shape index (κ2) is 16.7. The van der Waals surface area contributed by atoms with E-state index in [9.17, 15) is 4.79 Å². The lowest BCUT2D eigenvalue weighted by atomic mass is 9.98. The van der Waals surface area contributed by atoms with E-state index >= 15 is 0 Å². The first-order valence-corrected chi connectivity index (χ1v) is 17.7. The van der Waals surface area contributed by atoms with Crippen LogP contribution in [0.3, 0.4) is 0 Å². The molecular formula is C32H51NOSi. The molecule has 3 heteroatoms. The molecule has 0 aliphatic heterocycles. The minimum atomic E-state index is -1.13. The lowest BCUT2D eigenvalue weighted by Crippen LogP contribution is -2.30. The van der Waals surface area contributed by atoms with Crippen molar-refractivity contribution in [1.82, 2.24) is 5.32 Å². The Morgan fingerprint density at radius 2 is 1.34 bits per heavy atom. The smallest absolute Gasteiger partial charge is 0.220 e. The zero-order chi connectivity index (χ0) is 25.4. The van der Waals surface area contributed by atoms with Crippen LogP contribution in [0.2, 0.25) is 25.2 Å². The molecule has 0 saturated carbocycles. The van der Waals surface area contributed by atoms with Crippen molar-refractivity contribution in [3.05, 3.63) is 71.3 Å². The molecule has 194 valence electrons. The minimum absolute atomic E-state index is 0.0270. The number of carbonyl (C=O) groups excluding carboxylic acids is 1. The third kappa shape index (κ3) is 13.1. The van der Waals surface area contributed by atoms with Crippen molar-refractivity contribution in [3.63, 3.8) is 0 Å². The van der Waals surface area contributed by atoms with E-state index in [-0.39, 0.29) is 11.9 Å². The predicted octanol–water partition coefficient (Wildman–Crippen LogP) is 9.41. The maximum atomic E-state index is 12.8. The van der Waals surface area contributed by atoms with Gasteiger partial charge in [0.25, 0.3) is 0 Å². The van der Waals surface area contributed by atoms with Gasteiger partial charge in [-0.1, -0.05) is 150 Å². The molecule has 35 heavy (non-hydrogen) atoms. The lowest BCUT2D eigenvalue weighted by molar-refractivity contribution is -0.121. The number of benzene rings is 2. The fraction of sp³-hybridized carbons (Fsp3) is 0.594. The van der Waals surface area contributed by atoms with Crippen LogP contribution in [-0.2, 0) is 11.2 Å². The molecule has 0 aliphatic carbocycles. The Labute approximate surface area is 217 Å². The second-order valence-corrected chi connectivity index (χ2v) is 16.6. The third-order valence-corrected chi connectivity index (χ3v) is 10.7. The largest absolute Gasteiger partial charge is 0.349 e. The van der Waals surface area contributed by atoms with Gasteiger partial charge in [0.05, 0.1) is 6.04 Å². The Balaban J connectivity index is 1.69. The molecule has 1 unspecified atom stereocenters. The highest BCUT2D eigenvalue weighted by molar-refractivity contribution is 6.77. The van der Waals surface area contributed by atoms with Crippen LogP contribution in [0.4, 0.5) is 0 Å². The molecule has 2 nitrogen and oxygen atoms in total. The van der Waals surface area contributed by atoms with Crippen LogP contribution in [0.25, 0.3) is 0 Å². The Morgan fingerprint density at radius 3 is 1.97 bits per heavy atom. The number of carbonyl (C=O) groups is 1. The average Bonchev–Trinajstić information content (AvgIpc) is 2.85. The van der Waals surface area contributed by atoms with Gasteiger partial charge < -0.3 is 5.32 Å². The van der Waals surface area contributed by atoms with E-state index in [0.717, 1.165) is 12.8 Å². The first-order valence-electron chi connectivity index (χ1n) is 14.3. The van der Waals surface area contributed by atoms with Crippen molar-refractivity contribution in [2.75, 3.05) is 0 Å². The molecule has 0 aliphatic rings. The molecule has 1 atom stereocenters. The molecule has 1 amide bonds. The Hall–Kier alpha value is -1.87. The van der Waals surface area contributed by atoms with Crippen LogP contribution < -0.4 is 5.32 Å². The van der Waals surface area contributed by atoms with E-state index in [1.807, 2.05) is 6.07 Å². The number of unbranched alkanes of at least 4 members (excludes halogenated alkanes) is 8. The zero-order valence-electron chi connectivity index (χ0n) is 23.1. The zero-order valence-corrected chi connectivity index (χ0v) is 24.1. The van der Waals surface area contributed by atoms with E-state index in [1.165, 1.54) is 86.6 Å². The number of hydrogen-bond acceptors (Lipinski definition) is 1. The molecule has 2 rings (SSSR count). The predicted molar refractivity (Wildman–Crippen MR) is 156 cm³/mol. The van der Waals surface area contributed by atoms with Crippen LogP contribution in [0.1, 0.15) is 100 Å². The number of aryl methyl sites for hydroxylation is 1. The summed E-state index contributed by atoms with van der Waals surface area (Å²) in [5.74, 6) is 0.188. The van der Waals surface area contributed by atoms with Gasteiger partial charge >= 0.3 is 0 Å². The molecular weight excluding hydrogens is 442 g/mol. The van der Waals surface area contributed by atoms with Gasteiger partial charge in [-0.25, -0.2) is 0 Å². The summed E-state index contributed by atoms with van der Waals surface area (Å²) in [6.07, 6.45) is 14.9. The van der Waals surface area contributed by atoms with Crippen LogP contribution >= 0.6 is 0 Å². The topological polar surface area (TPSA) is 29.1 Å². The monoisotopic (exact) mass is 493 g/mol. The Kier molecular flexibility index (Phi) is 14.0. The summed E-state index contributed by atoms with van der Waals surface area (Å²) in [6.45, 7) is 9.48. The average molecular weight is 494 g/mol. The van der Waals surface area contributed by atoms with Gasteiger partial charge in [-0.2, -0.15) is 0 Å². The van der Waals surface area contributed by atoms with Crippen molar-refractivity contribution in [3.8, 4) is 0 Å². The van der Waals surface area contributed by atoms with Crippen molar-refractivity contribution < 1.29 is 4.79 Å². The van der Waals surface area contributed by atoms with Crippen molar-refractivity contribution >= 4 is 14.0 Å². The van der Waals surface area contributed by atoms with Crippen molar-refractivity contribution in [2.24, 2.45) is 0 Å². The van der Waals surface area contributed by atoms with E-state index in [1.54, 1.807) is 0 Å². The van der Waals surface area contributed by atoms with Gasteiger partial charge in [0, 0.05) is 14.5 Å². The molecule has 0 heterocycles. The van der Waals surface area contributed by atoms with Crippen LogP contribution in [0.15, 0.2) is 54.6 Å². The summed E-state index contributed by atoms with van der Waals surface area (Å²) in [4.78, 5) is 12.8. The second-order valence-electron chi connectivity index (χ2n) is 11.3. The standard InChI is InChI=1S/C32H51NOSi/c1-5-6-7-8-9-10-11-16-25-35(3,4)26-17-15-20-32(34)33-31(30-18-13-12-14-19-30)27-29-23-21-28(2)22-24-29/h12-14,18-19,21-24,31H,5-11,15-17,20,25-27H2,1-4H3,(H,33,34). The summed E-state index contributed by atoms with van der Waals surface area (Å²) in [5, 5.41) is 3.33. The van der Waals surface area contributed by atoms with Crippen LogP contribution in [-0.4, -0.2) is 14.0 Å². The summed E-state index contributed by atoms with van der Waals surface area (Å²) >= 11 is 0. The molecule has 2 aromatic rings. The highest BCUT2D eigenvalue weighted by Gasteiger charge is 2.20.